The van der Waals surface area contributed by atoms with E-state index in [0.717, 1.165) is 21.9 Å². The zero-order chi connectivity index (χ0) is 14.0. The quantitative estimate of drug-likeness (QED) is 0.936. The molecule has 1 heterocycles. The second-order valence-electron chi connectivity index (χ2n) is 4.76. The Morgan fingerprint density at radius 2 is 2.16 bits per heavy atom. The topological polar surface area (TPSA) is 53.1 Å². The average Bonchev–Trinajstić information content (AvgIpc) is 2.76. The van der Waals surface area contributed by atoms with E-state index in [4.69, 9.17) is 22.1 Å². The van der Waals surface area contributed by atoms with Crippen LogP contribution in [-0.2, 0) is 7.05 Å². The van der Waals surface area contributed by atoms with Crippen LogP contribution in [0.5, 0.6) is 5.75 Å². The highest BCUT2D eigenvalue weighted by atomic mass is 35.5. The third-order valence-corrected chi connectivity index (χ3v) is 3.35. The first-order valence-electron chi connectivity index (χ1n) is 6.14. The highest BCUT2D eigenvalue weighted by Gasteiger charge is 2.20. The molecule has 0 saturated heterocycles. The van der Waals surface area contributed by atoms with Gasteiger partial charge in [-0.25, -0.2) is 0 Å². The standard InChI is InChI=1S/C14H18ClN3O/c1-9-6-12(4-5-13(9)15)19-14(10(2)16)11-7-17-18(3)8-11/h4-8,10,14H,16H2,1-3H3. The molecule has 1 aromatic carbocycles. The minimum absolute atomic E-state index is 0.139. The van der Waals surface area contributed by atoms with E-state index in [1.54, 1.807) is 10.9 Å². The minimum Gasteiger partial charge on any atom is -0.484 e. The molecule has 2 N–H and O–H groups in total. The number of rotatable bonds is 4. The second-order valence-corrected chi connectivity index (χ2v) is 5.16. The van der Waals surface area contributed by atoms with Crippen molar-refractivity contribution in [2.24, 2.45) is 12.8 Å². The minimum atomic E-state index is -0.228. The summed E-state index contributed by atoms with van der Waals surface area (Å²) < 4.78 is 7.71. The molecule has 1 aromatic heterocycles. The summed E-state index contributed by atoms with van der Waals surface area (Å²) >= 11 is 6.01. The molecule has 5 heteroatoms. The lowest BCUT2D eigenvalue weighted by Gasteiger charge is -2.21. The molecule has 2 aromatic rings. The van der Waals surface area contributed by atoms with Gasteiger partial charge < -0.3 is 10.5 Å². The lowest BCUT2D eigenvalue weighted by molar-refractivity contribution is 0.180. The number of aryl methyl sites for hydroxylation is 2. The highest BCUT2D eigenvalue weighted by molar-refractivity contribution is 6.31. The molecule has 0 spiro atoms. The van der Waals surface area contributed by atoms with Crippen LogP contribution in [0.15, 0.2) is 30.6 Å². The van der Waals surface area contributed by atoms with E-state index in [0.29, 0.717) is 0 Å². The molecule has 0 aliphatic rings. The molecule has 0 aliphatic heterocycles. The van der Waals surface area contributed by atoms with Gasteiger partial charge in [-0.15, -0.1) is 0 Å². The van der Waals surface area contributed by atoms with E-state index in [-0.39, 0.29) is 12.1 Å². The van der Waals surface area contributed by atoms with Gasteiger partial charge in [0.2, 0.25) is 0 Å². The van der Waals surface area contributed by atoms with Gasteiger partial charge in [0.15, 0.2) is 0 Å². The van der Waals surface area contributed by atoms with Crippen molar-refractivity contribution in [2.45, 2.75) is 26.0 Å². The normalized spacial score (nSPS) is 14.2. The fourth-order valence-corrected chi connectivity index (χ4v) is 2.02. The van der Waals surface area contributed by atoms with E-state index in [1.165, 1.54) is 0 Å². The van der Waals surface area contributed by atoms with Gasteiger partial charge in [-0.3, -0.25) is 4.68 Å². The molecule has 2 unspecified atom stereocenters. The maximum Gasteiger partial charge on any atom is 0.141 e. The van der Waals surface area contributed by atoms with Crippen molar-refractivity contribution in [3.05, 3.63) is 46.7 Å². The molecule has 0 aliphatic carbocycles. The van der Waals surface area contributed by atoms with Gasteiger partial charge in [0.25, 0.3) is 0 Å². The fourth-order valence-electron chi connectivity index (χ4n) is 1.90. The van der Waals surface area contributed by atoms with Crippen molar-refractivity contribution in [1.29, 1.82) is 0 Å². The Morgan fingerprint density at radius 1 is 1.42 bits per heavy atom. The van der Waals surface area contributed by atoms with Crippen LogP contribution in [-0.4, -0.2) is 15.8 Å². The van der Waals surface area contributed by atoms with Crippen LogP contribution < -0.4 is 10.5 Å². The summed E-state index contributed by atoms with van der Waals surface area (Å²) in [6.07, 6.45) is 3.46. The Bertz CT molecular complexity index is 566. The number of nitrogens with zero attached hydrogens (tertiary/aromatic N) is 2. The third kappa shape index (κ3) is 3.28. The number of hydrogen-bond donors (Lipinski definition) is 1. The maximum atomic E-state index is 6.01. The molecule has 0 fully saturated rings. The molecule has 2 atom stereocenters. The first-order valence-corrected chi connectivity index (χ1v) is 6.52. The molecular weight excluding hydrogens is 262 g/mol. The largest absolute Gasteiger partial charge is 0.484 e. The van der Waals surface area contributed by atoms with Gasteiger partial charge in [-0.05, 0) is 37.6 Å². The molecule has 2 rings (SSSR count). The lowest BCUT2D eigenvalue weighted by atomic mass is 10.1. The summed E-state index contributed by atoms with van der Waals surface area (Å²) in [6.45, 7) is 3.86. The predicted octanol–water partition coefficient (Wildman–Crippen LogP) is 2.85. The van der Waals surface area contributed by atoms with Gasteiger partial charge in [-0.2, -0.15) is 5.10 Å². The highest BCUT2D eigenvalue weighted by Crippen LogP contribution is 2.27. The van der Waals surface area contributed by atoms with Crippen LogP contribution in [0.3, 0.4) is 0 Å². The Kier molecular flexibility index (Phi) is 4.12. The number of ether oxygens (including phenoxy) is 1. The van der Waals surface area contributed by atoms with Crippen molar-refractivity contribution in [3.63, 3.8) is 0 Å². The summed E-state index contributed by atoms with van der Waals surface area (Å²) in [5.74, 6) is 0.757. The van der Waals surface area contributed by atoms with E-state index in [9.17, 15) is 0 Å². The van der Waals surface area contributed by atoms with Gasteiger partial charge >= 0.3 is 0 Å². The van der Waals surface area contributed by atoms with Crippen LogP contribution in [0.25, 0.3) is 0 Å². The lowest BCUT2D eigenvalue weighted by Crippen LogP contribution is -2.28. The summed E-state index contributed by atoms with van der Waals surface area (Å²) in [5, 5.41) is 4.88. The number of hydrogen-bond acceptors (Lipinski definition) is 3. The number of benzene rings is 1. The zero-order valence-electron chi connectivity index (χ0n) is 11.3. The van der Waals surface area contributed by atoms with E-state index in [2.05, 4.69) is 5.10 Å². The van der Waals surface area contributed by atoms with E-state index < -0.39 is 0 Å². The Balaban J connectivity index is 2.23. The van der Waals surface area contributed by atoms with Crippen molar-refractivity contribution in [3.8, 4) is 5.75 Å². The van der Waals surface area contributed by atoms with Gasteiger partial charge in [0.05, 0.1) is 6.20 Å². The SMILES string of the molecule is Cc1cc(OC(c2cnn(C)c2)C(C)N)ccc1Cl. The Hall–Kier alpha value is -1.52. The first-order chi connectivity index (χ1) is 8.97. The summed E-state index contributed by atoms with van der Waals surface area (Å²) in [7, 11) is 1.87. The maximum absolute atomic E-state index is 6.01. The zero-order valence-corrected chi connectivity index (χ0v) is 12.1. The van der Waals surface area contributed by atoms with E-state index >= 15 is 0 Å². The average molecular weight is 280 g/mol. The fraction of sp³-hybridized carbons (Fsp3) is 0.357. The summed E-state index contributed by atoms with van der Waals surface area (Å²) in [6, 6.07) is 5.45. The molecule has 102 valence electrons. The number of nitrogens with two attached hydrogens (primary N) is 1. The van der Waals surface area contributed by atoms with Crippen molar-refractivity contribution >= 4 is 11.6 Å². The first kappa shape index (κ1) is 13.9. The molecular formula is C14H18ClN3O. The van der Waals surface area contributed by atoms with Gasteiger partial charge in [0, 0.05) is 29.9 Å². The van der Waals surface area contributed by atoms with Crippen LogP contribution in [0.2, 0.25) is 5.02 Å². The second kappa shape index (κ2) is 5.63. The Labute approximate surface area is 118 Å². The third-order valence-electron chi connectivity index (χ3n) is 2.92. The van der Waals surface area contributed by atoms with Gasteiger partial charge in [0.1, 0.15) is 11.9 Å². The summed E-state index contributed by atoms with van der Waals surface area (Å²) in [5.41, 5.74) is 7.95. The van der Waals surface area contributed by atoms with Crippen LogP contribution in [0, 0.1) is 6.92 Å². The van der Waals surface area contributed by atoms with Crippen LogP contribution in [0.1, 0.15) is 24.2 Å². The van der Waals surface area contributed by atoms with Crippen molar-refractivity contribution < 1.29 is 4.74 Å². The molecule has 4 nitrogen and oxygen atoms in total. The number of halogens is 1. The van der Waals surface area contributed by atoms with Crippen LogP contribution >= 0.6 is 11.6 Å². The molecule has 0 amide bonds. The molecule has 19 heavy (non-hydrogen) atoms. The smallest absolute Gasteiger partial charge is 0.141 e. The van der Waals surface area contributed by atoms with E-state index in [1.807, 2.05) is 45.3 Å². The van der Waals surface area contributed by atoms with Gasteiger partial charge in [-0.1, -0.05) is 11.6 Å². The number of aromatic nitrogens is 2. The predicted molar refractivity (Wildman–Crippen MR) is 76.4 cm³/mol. The molecule has 0 saturated carbocycles. The molecule has 0 bridgehead atoms. The monoisotopic (exact) mass is 279 g/mol. The van der Waals surface area contributed by atoms with Crippen LogP contribution in [0.4, 0.5) is 0 Å². The van der Waals surface area contributed by atoms with Crippen molar-refractivity contribution in [1.82, 2.24) is 9.78 Å². The molecule has 0 radical (unpaired) electrons. The van der Waals surface area contributed by atoms with Crippen molar-refractivity contribution in [2.75, 3.05) is 0 Å². The Morgan fingerprint density at radius 3 is 2.68 bits per heavy atom. The summed E-state index contributed by atoms with van der Waals surface area (Å²) in [4.78, 5) is 0.